The summed E-state index contributed by atoms with van der Waals surface area (Å²) in [5.74, 6) is -1.17. The monoisotopic (exact) mass is 239 g/mol. The standard InChI is InChI=1S/C12H17NO4/c1-2-9(4-3-5-12(16)17)8-13-10(14)6-7-11(13)15/h6-7,9H,2-5,8H2,1H3,(H,16,17). The number of rotatable bonds is 7. The van der Waals surface area contributed by atoms with Crippen LogP contribution in [-0.2, 0) is 14.4 Å². The van der Waals surface area contributed by atoms with Gasteiger partial charge in [-0.25, -0.2) is 0 Å². The summed E-state index contributed by atoms with van der Waals surface area (Å²) < 4.78 is 0. The van der Waals surface area contributed by atoms with Crippen LogP contribution in [0, 0.1) is 5.92 Å². The van der Waals surface area contributed by atoms with E-state index in [0.717, 1.165) is 12.8 Å². The summed E-state index contributed by atoms with van der Waals surface area (Å²) in [5, 5.41) is 8.54. The maximum atomic E-state index is 11.3. The maximum absolute atomic E-state index is 11.3. The summed E-state index contributed by atoms with van der Waals surface area (Å²) >= 11 is 0. The lowest BCUT2D eigenvalue weighted by atomic mass is 9.98. The predicted octanol–water partition coefficient (Wildman–Crippen LogP) is 1.19. The molecule has 0 fully saturated rings. The molecule has 1 rings (SSSR count). The largest absolute Gasteiger partial charge is 0.481 e. The average molecular weight is 239 g/mol. The minimum absolute atomic E-state index is 0.136. The molecule has 0 aromatic carbocycles. The summed E-state index contributed by atoms with van der Waals surface area (Å²) in [6, 6.07) is 0. The molecule has 1 heterocycles. The fourth-order valence-electron chi connectivity index (χ4n) is 1.84. The summed E-state index contributed by atoms with van der Waals surface area (Å²) in [6.07, 6.45) is 4.81. The van der Waals surface area contributed by atoms with Crippen LogP contribution in [0.3, 0.4) is 0 Å². The van der Waals surface area contributed by atoms with E-state index in [0.29, 0.717) is 13.0 Å². The SMILES string of the molecule is CCC(CCCC(=O)O)CN1C(=O)C=CC1=O. The Morgan fingerprint density at radius 1 is 1.35 bits per heavy atom. The van der Waals surface area contributed by atoms with Gasteiger partial charge < -0.3 is 5.11 Å². The van der Waals surface area contributed by atoms with Gasteiger partial charge >= 0.3 is 5.97 Å². The van der Waals surface area contributed by atoms with Crippen molar-refractivity contribution in [3.63, 3.8) is 0 Å². The number of carboxylic acid groups (broad SMARTS) is 1. The highest BCUT2D eigenvalue weighted by atomic mass is 16.4. The second-order valence-electron chi connectivity index (χ2n) is 4.18. The Morgan fingerprint density at radius 3 is 2.41 bits per heavy atom. The molecule has 2 amide bonds. The van der Waals surface area contributed by atoms with Gasteiger partial charge in [0.15, 0.2) is 0 Å². The van der Waals surface area contributed by atoms with Gasteiger partial charge in [0, 0.05) is 25.1 Å². The van der Waals surface area contributed by atoms with Gasteiger partial charge in [0.25, 0.3) is 11.8 Å². The smallest absolute Gasteiger partial charge is 0.303 e. The lowest BCUT2D eigenvalue weighted by Gasteiger charge is -2.21. The van der Waals surface area contributed by atoms with E-state index >= 15 is 0 Å². The first kappa shape index (κ1) is 13.4. The van der Waals surface area contributed by atoms with Crippen LogP contribution in [0.25, 0.3) is 0 Å². The predicted molar refractivity (Wildman–Crippen MR) is 61.1 cm³/mol. The molecule has 0 saturated heterocycles. The van der Waals surface area contributed by atoms with E-state index in [9.17, 15) is 14.4 Å². The van der Waals surface area contributed by atoms with Crippen molar-refractivity contribution < 1.29 is 19.5 Å². The van der Waals surface area contributed by atoms with Crippen LogP contribution in [0.15, 0.2) is 12.2 Å². The van der Waals surface area contributed by atoms with Crippen LogP contribution >= 0.6 is 0 Å². The molecule has 5 nitrogen and oxygen atoms in total. The van der Waals surface area contributed by atoms with Gasteiger partial charge in [-0.2, -0.15) is 0 Å². The first-order valence-corrected chi connectivity index (χ1v) is 5.80. The number of aliphatic carboxylic acids is 1. The lowest BCUT2D eigenvalue weighted by molar-refractivity contribution is -0.139. The Kier molecular flexibility index (Phi) is 4.87. The molecule has 0 aromatic rings. The molecule has 0 radical (unpaired) electrons. The third-order valence-corrected chi connectivity index (χ3v) is 2.92. The Hall–Kier alpha value is -1.65. The molecule has 0 aliphatic carbocycles. The number of carbonyl (C=O) groups excluding carboxylic acids is 2. The normalized spacial score (nSPS) is 16.6. The highest BCUT2D eigenvalue weighted by molar-refractivity contribution is 6.12. The van der Waals surface area contributed by atoms with Crippen LogP contribution in [0.4, 0.5) is 0 Å². The highest BCUT2D eigenvalue weighted by Crippen LogP contribution is 2.16. The number of carbonyl (C=O) groups is 3. The van der Waals surface area contributed by atoms with E-state index in [2.05, 4.69) is 0 Å². The average Bonchev–Trinajstić information content (AvgIpc) is 2.58. The first-order chi connectivity index (χ1) is 8.04. The second-order valence-corrected chi connectivity index (χ2v) is 4.18. The number of amides is 2. The third kappa shape index (κ3) is 4.01. The van der Waals surface area contributed by atoms with E-state index in [4.69, 9.17) is 5.11 Å². The molecule has 94 valence electrons. The van der Waals surface area contributed by atoms with E-state index in [-0.39, 0.29) is 24.2 Å². The summed E-state index contributed by atoms with van der Waals surface area (Å²) in [7, 11) is 0. The van der Waals surface area contributed by atoms with Gasteiger partial charge in [-0.05, 0) is 18.8 Å². The number of carboxylic acids is 1. The van der Waals surface area contributed by atoms with Crippen molar-refractivity contribution >= 4 is 17.8 Å². The molecule has 1 aliphatic rings. The van der Waals surface area contributed by atoms with Gasteiger partial charge in [-0.15, -0.1) is 0 Å². The van der Waals surface area contributed by atoms with Crippen molar-refractivity contribution in [2.24, 2.45) is 5.92 Å². The molecule has 1 atom stereocenters. The van der Waals surface area contributed by atoms with Crippen LogP contribution in [0.5, 0.6) is 0 Å². The number of imide groups is 1. The van der Waals surface area contributed by atoms with Gasteiger partial charge in [-0.3, -0.25) is 19.3 Å². The van der Waals surface area contributed by atoms with Crippen LogP contribution in [-0.4, -0.2) is 34.3 Å². The number of hydrogen-bond donors (Lipinski definition) is 1. The molecule has 1 aliphatic heterocycles. The van der Waals surface area contributed by atoms with Crippen molar-refractivity contribution in [1.82, 2.24) is 4.90 Å². The van der Waals surface area contributed by atoms with E-state index in [1.54, 1.807) is 0 Å². The molecule has 17 heavy (non-hydrogen) atoms. The van der Waals surface area contributed by atoms with E-state index < -0.39 is 5.97 Å². The Morgan fingerprint density at radius 2 is 1.94 bits per heavy atom. The minimum atomic E-state index is -0.810. The van der Waals surface area contributed by atoms with E-state index in [1.807, 2.05) is 6.92 Å². The number of nitrogens with zero attached hydrogens (tertiary/aromatic N) is 1. The molecule has 1 N–H and O–H groups in total. The summed E-state index contributed by atoms with van der Waals surface area (Å²) in [5.41, 5.74) is 0. The minimum Gasteiger partial charge on any atom is -0.481 e. The maximum Gasteiger partial charge on any atom is 0.303 e. The summed E-state index contributed by atoms with van der Waals surface area (Å²) in [4.78, 5) is 34.3. The molecule has 0 aromatic heterocycles. The zero-order chi connectivity index (χ0) is 12.8. The highest BCUT2D eigenvalue weighted by Gasteiger charge is 2.25. The molecule has 1 unspecified atom stereocenters. The van der Waals surface area contributed by atoms with Crippen molar-refractivity contribution in [3.8, 4) is 0 Å². The third-order valence-electron chi connectivity index (χ3n) is 2.92. The van der Waals surface area contributed by atoms with Crippen molar-refractivity contribution in [2.75, 3.05) is 6.54 Å². The van der Waals surface area contributed by atoms with Crippen LogP contribution in [0.2, 0.25) is 0 Å². The Labute approximate surface area is 100 Å². The topological polar surface area (TPSA) is 74.7 Å². The zero-order valence-corrected chi connectivity index (χ0v) is 9.89. The molecule has 5 heteroatoms. The molecule has 0 bridgehead atoms. The molecule has 0 spiro atoms. The van der Waals surface area contributed by atoms with Gasteiger partial charge in [-0.1, -0.05) is 13.3 Å². The van der Waals surface area contributed by atoms with Crippen molar-refractivity contribution in [1.29, 1.82) is 0 Å². The van der Waals surface area contributed by atoms with Gasteiger partial charge in [0.05, 0.1) is 0 Å². The second kappa shape index (κ2) is 6.18. The lowest BCUT2D eigenvalue weighted by Crippen LogP contribution is -2.34. The van der Waals surface area contributed by atoms with Gasteiger partial charge in [0.2, 0.25) is 0 Å². The van der Waals surface area contributed by atoms with Gasteiger partial charge in [0.1, 0.15) is 0 Å². The molecular weight excluding hydrogens is 222 g/mol. The zero-order valence-electron chi connectivity index (χ0n) is 9.89. The van der Waals surface area contributed by atoms with Crippen LogP contribution < -0.4 is 0 Å². The number of hydrogen-bond acceptors (Lipinski definition) is 3. The van der Waals surface area contributed by atoms with Crippen molar-refractivity contribution in [3.05, 3.63) is 12.2 Å². The fourth-order valence-corrected chi connectivity index (χ4v) is 1.84. The Bertz CT molecular complexity index is 330. The fraction of sp³-hybridized carbons (Fsp3) is 0.583. The van der Waals surface area contributed by atoms with Crippen LogP contribution in [0.1, 0.15) is 32.6 Å². The molecule has 0 saturated carbocycles. The summed E-state index contributed by atoms with van der Waals surface area (Å²) in [6.45, 7) is 2.37. The Balaban J connectivity index is 2.39. The van der Waals surface area contributed by atoms with E-state index in [1.165, 1.54) is 17.1 Å². The first-order valence-electron chi connectivity index (χ1n) is 5.80. The van der Waals surface area contributed by atoms with Crippen molar-refractivity contribution in [2.45, 2.75) is 32.6 Å². The quantitative estimate of drug-likeness (QED) is 0.677. The molecular formula is C12H17NO4.